The molecule has 6 heteroatoms. The monoisotopic (exact) mass is 224 g/mol. The Hall–Kier alpha value is -2.11. The molecule has 1 unspecified atom stereocenters. The standard InChI is InChI=1S/C10H13FN4O/c1-6(9(12)13)14-10(16)15-8-4-2-3-7(11)5-8/h2-6H,1H3,(H3,12,13)(H2,14,15,16). The van der Waals surface area contributed by atoms with Crippen LogP contribution < -0.4 is 16.4 Å². The van der Waals surface area contributed by atoms with Crippen molar-refractivity contribution in [3.8, 4) is 0 Å². The molecular weight excluding hydrogens is 211 g/mol. The van der Waals surface area contributed by atoms with Crippen LogP contribution in [0.5, 0.6) is 0 Å². The fourth-order valence-electron chi connectivity index (χ4n) is 1.01. The molecule has 5 nitrogen and oxygen atoms in total. The van der Waals surface area contributed by atoms with Crippen molar-refractivity contribution in [3.05, 3.63) is 30.1 Å². The lowest BCUT2D eigenvalue weighted by Gasteiger charge is -2.12. The highest BCUT2D eigenvalue weighted by Crippen LogP contribution is 2.08. The van der Waals surface area contributed by atoms with Crippen LogP contribution in [0.15, 0.2) is 24.3 Å². The largest absolute Gasteiger partial charge is 0.386 e. The van der Waals surface area contributed by atoms with Crippen LogP contribution in [-0.2, 0) is 0 Å². The molecule has 0 bridgehead atoms. The van der Waals surface area contributed by atoms with Gasteiger partial charge < -0.3 is 16.4 Å². The van der Waals surface area contributed by atoms with E-state index in [4.69, 9.17) is 11.1 Å². The zero-order valence-electron chi connectivity index (χ0n) is 8.75. The first-order chi connectivity index (χ1) is 7.49. The number of urea groups is 1. The minimum Gasteiger partial charge on any atom is -0.386 e. The van der Waals surface area contributed by atoms with Gasteiger partial charge in [0.25, 0.3) is 0 Å². The van der Waals surface area contributed by atoms with Gasteiger partial charge in [-0.3, -0.25) is 5.41 Å². The van der Waals surface area contributed by atoms with Crippen molar-refractivity contribution in [2.24, 2.45) is 5.73 Å². The molecule has 0 aliphatic carbocycles. The number of carbonyl (C=O) groups excluding carboxylic acids is 1. The minimum atomic E-state index is -0.562. The molecule has 1 aromatic carbocycles. The number of halogens is 1. The number of rotatable bonds is 3. The van der Waals surface area contributed by atoms with Gasteiger partial charge in [0, 0.05) is 5.69 Å². The highest BCUT2D eigenvalue weighted by molar-refractivity contribution is 5.93. The maximum atomic E-state index is 12.8. The van der Waals surface area contributed by atoms with Crippen LogP contribution in [0.1, 0.15) is 6.92 Å². The smallest absolute Gasteiger partial charge is 0.319 e. The summed E-state index contributed by atoms with van der Waals surface area (Å²) >= 11 is 0. The van der Waals surface area contributed by atoms with E-state index in [2.05, 4.69) is 10.6 Å². The van der Waals surface area contributed by atoms with Gasteiger partial charge in [-0.05, 0) is 25.1 Å². The fourth-order valence-corrected chi connectivity index (χ4v) is 1.01. The Kier molecular flexibility index (Phi) is 3.82. The zero-order valence-corrected chi connectivity index (χ0v) is 8.75. The summed E-state index contributed by atoms with van der Waals surface area (Å²) in [4.78, 5) is 11.3. The number of anilines is 1. The Bertz CT molecular complexity index is 408. The van der Waals surface area contributed by atoms with Crippen LogP contribution >= 0.6 is 0 Å². The number of carbonyl (C=O) groups is 1. The van der Waals surface area contributed by atoms with Gasteiger partial charge in [0.1, 0.15) is 11.7 Å². The van der Waals surface area contributed by atoms with E-state index in [0.29, 0.717) is 5.69 Å². The Morgan fingerprint density at radius 1 is 1.56 bits per heavy atom. The number of amidine groups is 1. The van der Waals surface area contributed by atoms with Crippen LogP contribution in [0.25, 0.3) is 0 Å². The summed E-state index contributed by atoms with van der Waals surface area (Å²) in [5.41, 5.74) is 5.52. The number of benzene rings is 1. The molecule has 0 fully saturated rings. The van der Waals surface area contributed by atoms with Crippen LogP contribution in [0.3, 0.4) is 0 Å². The molecule has 0 aliphatic heterocycles. The number of hydrogen-bond acceptors (Lipinski definition) is 2. The van der Waals surface area contributed by atoms with Crippen molar-refractivity contribution in [2.45, 2.75) is 13.0 Å². The van der Waals surface area contributed by atoms with E-state index in [9.17, 15) is 9.18 Å². The van der Waals surface area contributed by atoms with E-state index in [1.165, 1.54) is 18.2 Å². The molecule has 0 saturated heterocycles. The van der Waals surface area contributed by atoms with Gasteiger partial charge in [0.2, 0.25) is 0 Å². The lowest BCUT2D eigenvalue weighted by molar-refractivity contribution is 0.251. The second-order valence-corrected chi connectivity index (χ2v) is 3.29. The molecule has 0 saturated carbocycles. The summed E-state index contributed by atoms with van der Waals surface area (Å²) in [5, 5.41) is 11.9. The first-order valence-corrected chi connectivity index (χ1v) is 4.66. The Morgan fingerprint density at radius 3 is 2.81 bits per heavy atom. The normalized spacial score (nSPS) is 11.6. The first-order valence-electron chi connectivity index (χ1n) is 4.66. The number of nitrogens with two attached hydrogens (primary N) is 1. The second kappa shape index (κ2) is 5.11. The minimum absolute atomic E-state index is 0.144. The molecule has 2 amide bonds. The highest BCUT2D eigenvalue weighted by atomic mass is 19.1. The number of nitrogens with one attached hydrogen (secondary N) is 3. The van der Waals surface area contributed by atoms with Crippen LogP contribution in [0.4, 0.5) is 14.9 Å². The van der Waals surface area contributed by atoms with Crippen molar-refractivity contribution in [1.29, 1.82) is 5.41 Å². The van der Waals surface area contributed by atoms with E-state index in [0.717, 1.165) is 0 Å². The molecule has 1 aromatic rings. The SMILES string of the molecule is CC(NC(=O)Nc1cccc(F)c1)C(=N)N. The predicted molar refractivity (Wildman–Crippen MR) is 59.9 cm³/mol. The maximum absolute atomic E-state index is 12.8. The molecule has 0 radical (unpaired) electrons. The van der Waals surface area contributed by atoms with Gasteiger partial charge in [-0.15, -0.1) is 0 Å². The molecule has 16 heavy (non-hydrogen) atoms. The van der Waals surface area contributed by atoms with Crippen molar-refractivity contribution >= 4 is 17.6 Å². The molecule has 5 N–H and O–H groups in total. The molecule has 1 atom stereocenters. The van der Waals surface area contributed by atoms with Gasteiger partial charge in [-0.1, -0.05) is 6.07 Å². The summed E-state index contributed by atoms with van der Waals surface area (Å²) in [6.07, 6.45) is 0. The lowest BCUT2D eigenvalue weighted by Crippen LogP contribution is -2.43. The van der Waals surface area contributed by atoms with Crippen LogP contribution in [0.2, 0.25) is 0 Å². The van der Waals surface area contributed by atoms with Crippen molar-refractivity contribution in [3.63, 3.8) is 0 Å². The molecule has 1 rings (SSSR count). The van der Waals surface area contributed by atoms with E-state index in [-0.39, 0.29) is 5.84 Å². The lowest BCUT2D eigenvalue weighted by atomic mass is 10.3. The van der Waals surface area contributed by atoms with Gasteiger partial charge in [-0.25, -0.2) is 9.18 Å². The van der Waals surface area contributed by atoms with Crippen molar-refractivity contribution < 1.29 is 9.18 Å². The van der Waals surface area contributed by atoms with Crippen molar-refractivity contribution in [2.75, 3.05) is 5.32 Å². The van der Waals surface area contributed by atoms with Gasteiger partial charge in [0.05, 0.1) is 6.04 Å². The van der Waals surface area contributed by atoms with Crippen molar-refractivity contribution in [1.82, 2.24) is 5.32 Å². The van der Waals surface area contributed by atoms with E-state index < -0.39 is 17.9 Å². The highest BCUT2D eigenvalue weighted by Gasteiger charge is 2.09. The molecule has 0 spiro atoms. The van der Waals surface area contributed by atoms with Crippen LogP contribution in [-0.4, -0.2) is 17.9 Å². The van der Waals surface area contributed by atoms with Crippen LogP contribution in [0, 0.1) is 11.2 Å². The third-order valence-electron chi connectivity index (χ3n) is 1.90. The average Bonchev–Trinajstić information content (AvgIpc) is 2.16. The second-order valence-electron chi connectivity index (χ2n) is 3.29. The molecule has 0 aliphatic rings. The van der Waals surface area contributed by atoms with E-state index in [1.54, 1.807) is 13.0 Å². The summed E-state index contributed by atoms with van der Waals surface area (Å²) in [7, 11) is 0. The topological polar surface area (TPSA) is 91.0 Å². The Morgan fingerprint density at radius 2 is 2.25 bits per heavy atom. The Balaban J connectivity index is 2.55. The third-order valence-corrected chi connectivity index (χ3v) is 1.90. The Labute approximate surface area is 92.3 Å². The summed E-state index contributed by atoms with van der Waals surface area (Å²) in [6.45, 7) is 1.58. The summed E-state index contributed by atoms with van der Waals surface area (Å²) in [5.74, 6) is -0.577. The summed E-state index contributed by atoms with van der Waals surface area (Å²) < 4.78 is 12.8. The molecule has 0 heterocycles. The molecular formula is C10H13FN4O. The average molecular weight is 224 g/mol. The molecule has 0 aromatic heterocycles. The first kappa shape index (κ1) is 12.0. The number of hydrogen-bond donors (Lipinski definition) is 4. The summed E-state index contributed by atoms with van der Waals surface area (Å²) in [6, 6.07) is 4.42. The van der Waals surface area contributed by atoms with Gasteiger partial charge >= 0.3 is 6.03 Å². The van der Waals surface area contributed by atoms with E-state index in [1.807, 2.05) is 0 Å². The zero-order chi connectivity index (χ0) is 12.1. The van der Waals surface area contributed by atoms with E-state index >= 15 is 0 Å². The van der Waals surface area contributed by atoms with Gasteiger partial charge in [0.15, 0.2) is 0 Å². The third kappa shape index (κ3) is 3.56. The molecule has 86 valence electrons. The predicted octanol–water partition coefficient (Wildman–Crippen LogP) is 1.27. The quantitative estimate of drug-likeness (QED) is 0.460. The maximum Gasteiger partial charge on any atom is 0.319 e. The fraction of sp³-hybridized carbons (Fsp3) is 0.200. The number of amides is 2. The van der Waals surface area contributed by atoms with Gasteiger partial charge in [-0.2, -0.15) is 0 Å².